The number of hydrogen-bond acceptors (Lipinski definition) is 2. The lowest BCUT2D eigenvalue weighted by atomic mass is 10.0. The molecule has 1 amide bonds. The summed E-state index contributed by atoms with van der Waals surface area (Å²) in [6.07, 6.45) is 0. The Morgan fingerprint density at radius 3 is 2.52 bits per heavy atom. The molecule has 2 aromatic carbocycles. The van der Waals surface area contributed by atoms with Crippen LogP contribution in [0.25, 0.3) is 0 Å². The van der Waals surface area contributed by atoms with Gasteiger partial charge in [0.15, 0.2) is 0 Å². The van der Waals surface area contributed by atoms with Crippen LogP contribution in [0, 0.1) is 6.92 Å². The largest absolute Gasteiger partial charge is 0.377 e. The Hall–Kier alpha value is -2.13. The third-order valence-electron chi connectivity index (χ3n) is 3.87. The number of amides is 1. The minimum absolute atomic E-state index is 0.00578. The van der Waals surface area contributed by atoms with Gasteiger partial charge in [0.05, 0.1) is 19.3 Å². The molecule has 0 saturated carbocycles. The molecule has 1 aliphatic heterocycles. The van der Waals surface area contributed by atoms with Gasteiger partial charge in [-0.15, -0.1) is 0 Å². The quantitative estimate of drug-likeness (QED) is 0.846. The van der Waals surface area contributed by atoms with Crippen molar-refractivity contribution in [3.8, 4) is 0 Å². The molecule has 0 aromatic heterocycles. The molecule has 1 atom stereocenters. The van der Waals surface area contributed by atoms with Gasteiger partial charge >= 0.3 is 0 Å². The van der Waals surface area contributed by atoms with Crippen LogP contribution >= 0.6 is 0 Å². The Morgan fingerprint density at radius 1 is 1.10 bits per heavy atom. The summed E-state index contributed by atoms with van der Waals surface area (Å²) in [5.41, 5.74) is 3.02. The molecule has 1 aliphatic rings. The predicted octanol–water partition coefficient (Wildman–Crippen LogP) is 3.21. The van der Waals surface area contributed by atoms with Crippen molar-refractivity contribution < 1.29 is 9.53 Å². The molecule has 108 valence electrons. The topological polar surface area (TPSA) is 29.5 Å². The van der Waals surface area contributed by atoms with E-state index in [9.17, 15) is 4.79 Å². The van der Waals surface area contributed by atoms with Crippen LogP contribution in [0.3, 0.4) is 0 Å². The number of carbonyl (C=O) groups excluding carboxylic acids is 1. The van der Waals surface area contributed by atoms with E-state index in [2.05, 4.69) is 12.1 Å². The van der Waals surface area contributed by atoms with Crippen molar-refractivity contribution in [3.63, 3.8) is 0 Å². The molecule has 3 heteroatoms. The standard InChI is InChI=1S/C18H19NO2/c1-14-7-9-16(10-8-14)18(20)19-11-12-21-13-17(19)15-5-3-2-4-6-15/h2-10,17H,11-13H2,1H3. The third kappa shape index (κ3) is 2.98. The van der Waals surface area contributed by atoms with Crippen molar-refractivity contribution in [2.45, 2.75) is 13.0 Å². The van der Waals surface area contributed by atoms with E-state index in [4.69, 9.17) is 4.74 Å². The van der Waals surface area contributed by atoms with Crippen LogP contribution < -0.4 is 0 Å². The van der Waals surface area contributed by atoms with Crippen molar-refractivity contribution in [1.29, 1.82) is 0 Å². The van der Waals surface area contributed by atoms with Crippen LogP contribution in [0.1, 0.15) is 27.5 Å². The summed E-state index contributed by atoms with van der Waals surface area (Å²) in [6.45, 7) is 3.81. The Morgan fingerprint density at radius 2 is 1.81 bits per heavy atom. The Kier molecular flexibility index (Phi) is 4.02. The second-order valence-electron chi connectivity index (χ2n) is 5.37. The summed E-state index contributed by atoms with van der Waals surface area (Å²) in [5.74, 6) is 0.0761. The molecule has 2 aromatic rings. The predicted molar refractivity (Wildman–Crippen MR) is 82.2 cm³/mol. The minimum atomic E-state index is -0.00578. The normalized spacial score (nSPS) is 18.5. The smallest absolute Gasteiger partial charge is 0.254 e. The highest BCUT2D eigenvalue weighted by Crippen LogP contribution is 2.25. The summed E-state index contributed by atoms with van der Waals surface area (Å²) in [7, 11) is 0. The lowest BCUT2D eigenvalue weighted by Crippen LogP contribution is -2.43. The van der Waals surface area contributed by atoms with Crippen molar-refractivity contribution in [3.05, 3.63) is 71.3 Å². The van der Waals surface area contributed by atoms with Gasteiger partial charge < -0.3 is 9.64 Å². The van der Waals surface area contributed by atoms with E-state index in [0.717, 1.165) is 16.7 Å². The molecule has 0 N–H and O–H groups in total. The maximum Gasteiger partial charge on any atom is 0.254 e. The van der Waals surface area contributed by atoms with Crippen LogP contribution in [0.15, 0.2) is 54.6 Å². The first-order chi connectivity index (χ1) is 10.3. The van der Waals surface area contributed by atoms with Crippen LogP contribution in [0.2, 0.25) is 0 Å². The number of hydrogen-bond donors (Lipinski definition) is 0. The van der Waals surface area contributed by atoms with Gasteiger partial charge in [-0.2, -0.15) is 0 Å². The molecular weight excluding hydrogens is 262 g/mol. The van der Waals surface area contributed by atoms with Crippen molar-refractivity contribution in [2.75, 3.05) is 19.8 Å². The van der Waals surface area contributed by atoms with Crippen molar-refractivity contribution in [2.24, 2.45) is 0 Å². The average molecular weight is 281 g/mol. The monoisotopic (exact) mass is 281 g/mol. The molecule has 3 nitrogen and oxygen atoms in total. The fourth-order valence-corrected chi connectivity index (χ4v) is 2.66. The Bertz CT molecular complexity index is 607. The zero-order chi connectivity index (χ0) is 14.7. The molecule has 21 heavy (non-hydrogen) atoms. The number of morpholine rings is 1. The lowest BCUT2D eigenvalue weighted by Gasteiger charge is -2.36. The highest BCUT2D eigenvalue weighted by atomic mass is 16.5. The second-order valence-corrected chi connectivity index (χ2v) is 5.37. The molecule has 0 radical (unpaired) electrons. The molecule has 0 aliphatic carbocycles. The van der Waals surface area contributed by atoms with Gasteiger partial charge in [0.1, 0.15) is 0 Å². The van der Waals surface area contributed by atoms with Gasteiger partial charge in [0.2, 0.25) is 0 Å². The summed E-state index contributed by atoms with van der Waals surface area (Å²) in [5, 5.41) is 0. The zero-order valence-electron chi connectivity index (χ0n) is 12.2. The summed E-state index contributed by atoms with van der Waals surface area (Å²) in [4.78, 5) is 14.7. The molecular formula is C18H19NO2. The van der Waals surface area contributed by atoms with Gasteiger partial charge in [-0.1, -0.05) is 48.0 Å². The zero-order valence-corrected chi connectivity index (χ0v) is 12.2. The SMILES string of the molecule is Cc1ccc(C(=O)N2CCOCC2c2ccccc2)cc1. The van der Waals surface area contributed by atoms with Gasteiger partial charge in [-0.25, -0.2) is 0 Å². The number of benzene rings is 2. The van der Waals surface area contributed by atoms with Crippen LogP contribution in [-0.2, 0) is 4.74 Å². The van der Waals surface area contributed by atoms with Gasteiger partial charge in [-0.05, 0) is 24.6 Å². The van der Waals surface area contributed by atoms with E-state index >= 15 is 0 Å². The molecule has 0 bridgehead atoms. The highest BCUT2D eigenvalue weighted by Gasteiger charge is 2.29. The first-order valence-corrected chi connectivity index (χ1v) is 7.26. The number of aryl methyl sites for hydroxylation is 1. The van der Waals surface area contributed by atoms with Crippen LogP contribution in [-0.4, -0.2) is 30.6 Å². The van der Waals surface area contributed by atoms with E-state index in [1.54, 1.807) is 0 Å². The van der Waals surface area contributed by atoms with Crippen LogP contribution in [0.4, 0.5) is 0 Å². The maximum atomic E-state index is 12.8. The van der Waals surface area contributed by atoms with Crippen molar-refractivity contribution >= 4 is 5.91 Å². The maximum absolute atomic E-state index is 12.8. The van der Waals surface area contributed by atoms with E-state index in [1.165, 1.54) is 0 Å². The Balaban J connectivity index is 1.87. The fraction of sp³-hybridized carbons (Fsp3) is 0.278. The molecule has 1 heterocycles. The van der Waals surface area contributed by atoms with E-state index < -0.39 is 0 Å². The second kappa shape index (κ2) is 6.10. The molecule has 0 spiro atoms. The van der Waals surface area contributed by atoms with Crippen LogP contribution in [0.5, 0.6) is 0 Å². The molecule has 1 saturated heterocycles. The molecule has 1 unspecified atom stereocenters. The molecule has 3 rings (SSSR count). The lowest BCUT2D eigenvalue weighted by molar-refractivity contribution is -0.00269. The highest BCUT2D eigenvalue weighted by molar-refractivity contribution is 5.94. The Labute approximate surface area is 125 Å². The summed E-state index contributed by atoms with van der Waals surface area (Å²) in [6, 6.07) is 17.8. The number of nitrogens with zero attached hydrogens (tertiary/aromatic N) is 1. The van der Waals surface area contributed by atoms with Gasteiger partial charge in [-0.3, -0.25) is 4.79 Å². The van der Waals surface area contributed by atoms with Gasteiger partial charge in [0, 0.05) is 12.1 Å². The number of ether oxygens (including phenoxy) is 1. The summed E-state index contributed by atoms with van der Waals surface area (Å²) < 4.78 is 5.58. The first-order valence-electron chi connectivity index (χ1n) is 7.26. The first kappa shape index (κ1) is 13.8. The minimum Gasteiger partial charge on any atom is -0.377 e. The summed E-state index contributed by atoms with van der Waals surface area (Å²) >= 11 is 0. The van der Waals surface area contributed by atoms with E-state index in [-0.39, 0.29) is 11.9 Å². The van der Waals surface area contributed by atoms with E-state index in [0.29, 0.717) is 19.8 Å². The third-order valence-corrected chi connectivity index (χ3v) is 3.87. The number of rotatable bonds is 2. The van der Waals surface area contributed by atoms with Crippen molar-refractivity contribution in [1.82, 2.24) is 4.90 Å². The van der Waals surface area contributed by atoms with Gasteiger partial charge in [0.25, 0.3) is 5.91 Å². The average Bonchev–Trinajstić information content (AvgIpc) is 2.56. The fourth-order valence-electron chi connectivity index (χ4n) is 2.66. The number of carbonyl (C=O) groups is 1. The molecule has 1 fully saturated rings. The van der Waals surface area contributed by atoms with E-state index in [1.807, 2.05) is 54.3 Å².